The summed E-state index contributed by atoms with van der Waals surface area (Å²) in [7, 11) is 0. The monoisotopic (exact) mass is 304 g/mol. The molecule has 0 aromatic rings. The summed E-state index contributed by atoms with van der Waals surface area (Å²) in [6.07, 6.45) is -0.667. The van der Waals surface area contributed by atoms with Crippen LogP contribution in [0.4, 0.5) is 0 Å². The largest absolute Gasteiger partial charge is 0.394 e. The predicted molar refractivity (Wildman–Crippen MR) is 76.2 cm³/mol. The van der Waals surface area contributed by atoms with Crippen molar-refractivity contribution in [3.05, 3.63) is 0 Å². The Morgan fingerprint density at radius 3 is 0.444 bits per heavy atom. The van der Waals surface area contributed by atoms with Crippen LogP contribution in [-0.2, 0) is 21.7 Å². The zero-order chi connectivity index (χ0) is 14.3. The van der Waals surface area contributed by atoms with Crippen LogP contribution in [-0.4, -0.2) is 44.8 Å². The maximum Gasteiger partial charge on any atom is 0.0483 e. The Balaban J connectivity index is -0.0000000257. The van der Waals surface area contributed by atoms with Crippen LogP contribution >= 0.6 is 0 Å². The molecule has 0 rings (SSSR count). The maximum atomic E-state index is 8.06. The van der Waals surface area contributed by atoms with E-state index in [2.05, 4.69) is 0 Å². The van der Waals surface area contributed by atoms with Gasteiger partial charge in [0, 0.05) is 46.1 Å². The van der Waals surface area contributed by atoms with Gasteiger partial charge in [-0.15, -0.1) is 0 Å². The molecular weight excluding hydrogens is 268 g/mol. The van der Waals surface area contributed by atoms with E-state index in [1.54, 1.807) is 55.4 Å². The molecule has 0 aliphatic heterocycles. The van der Waals surface area contributed by atoms with Crippen molar-refractivity contribution in [3.63, 3.8) is 0 Å². The minimum absolute atomic E-state index is 0. The van der Waals surface area contributed by atoms with E-state index in [0.717, 1.165) is 0 Å². The molecule has 0 aliphatic carbocycles. The molecule has 0 aromatic heterocycles. The Kier molecular flexibility index (Phi) is 61.5. The van der Waals surface area contributed by atoms with Crippen LogP contribution in [0, 0.1) is 0 Å². The van der Waals surface area contributed by atoms with Crippen molar-refractivity contribution in [3.8, 4) is 0 Å². The first-order valence-electron chi connectivity index (χ1n) is 5.65. The average molecular weight is 304 g/mol. The number of aliphatic hydroxyl groups excluding tert-OH is 4. The van der Waals surface area contributed by atoms with Gasteiger partial charge in [-0.05, 0) is 55.4 Å². The van der Waals surface area contributed by atoms with Gasteiger partial charge < -0.3 is 20.4 Å². The molecule has 0 saturated heterocycles. The van der Waals surface area contributed by atoms with Crippen LogP contribution in [0.15, 0.2) is 0 Å². The minimum atomic E-state index is -0.167. The van der Waals surface area contributed by atoms with E-state index in [4.69, 9.17) is 20.4 Å². The van der Waals surface area contributed by atoms with Crippen molar-refractivity contribution in [2.45, 2.75) is 87.2 Å². The minimum Gasteiger partial charge on any atom is -0.394 e. The molecular formula is C13H36O4Ti. The third kappa shape index (κ3) is 13000. The van der Waals surface area contributed by atoms with Gasteiger partial charge in [0.1, 0.15) is 0 Å². The van der Waals surface area contributed by atoms with E-state index in [1.807, 2.05) is 0 Å². The third-order valence-electron chi connectivity index (χ3n) is 0. The Morgan fingerprint density at radius 1 is 0.444 bits per heavy atom. The molecule has 0 saturated carbocycles. The first-order valence-corrected chi connectivity index (χ1v) is 5.65. The van der Waals surface area contributed by atoms with Gasteiger partial charge in [-0.3, -0.25) is 0 Å². The fourth-order valence-electron chi connectivity index (χ4n) is 0. The number of rotatable bonds is 0. The summed E-state index contributed by atoms with van der Waals surface area (Å²) in [5, 5.41) is 32.2. The average Bonchev–Trinajstić information content (AvgIpc) is 1.76. The van der Waals surface area contributed by atoms with Gasteiger partial charge in [-0.2, -0.15) is 0 Å². The standard InChI is InChI=1S/4C3H8O.CH4.Ti/c4*1-3(2)4;;/h4*3-4H,1-2H3;1H4;. The fourth-order valence-corrected chi connectivity index (χ4v) is 0. The van der Waals surface area contributed by atoms with Gasteiger partial charge in [0.2, 0.25) is 0 Å². The van der Waals surface area contributed by atoms with Gasteiger partial charge in [0.15, 0.2) is 0 Å². The van der Waals surface area contributed by atoms with Crippen molar-refractivity contribution in [1.29, 1.82) is 0 Å². The molecule has 0 heterocycles. The molecule has 116 valence electrons. The molecule has 0 spiro atoms. The van der Waals surface area contributed by atoms with E-state index < -0.39 is 0 Å². The Hall–Kier alpha value is 0.554. The van der Waals surface area contributed by atoms with Crippen LogP contribution in [0.3, 0.4) is 0 Å². The summed E-state index contributed by atoms with van der Waals surface area (Å²) >= 11 is 0. The smallest absolute Gasteiger partial charge is 0.0483 e. The van der Waals surface area contributed by atoms with Crippen LogP contribution in [0.5, 0.6) is 0 Å². The van der Waals surface area contributed by atoms with Crippen molar-refractivity contribution >= 4 is 0 Å². The molecule has 0 aliphatic rings. The third-order valence-corrected chi connectivity index (χ3v) is 0. The first kappa shape index (κ1) is 36.3. The number of aliphatic hydroxyl groups is 4. The van der Waals surface area contributed by atoms with Crippen molar-refractivity contribution < 1.29 is 42.1 Å². The predicted octanol–water partition coefficient (Wildman–Crippen LogP) is 2.18. The second kappa shape index (κ2) is 30.5. The van der Waals surface area contributed by atoms with Gasteiger partial charge >= 0.3 is 0 Å². The Morgan fingerprint density at radius 2 is 0.444 bits per heavy atom. The molecule has 0 aromatic carbocycles. The molecule has 18 heavy (non-hydrogen) atoms. The summed E-state index contributed by atoms with van der Waals surface area (Å²) in [5.41, 5.74) is 0. The second-order valence-corrected chi connectivity index (χ2v) is 4.37. The van der Waals surface area contributed by atoms with E-state index in [9.17, 15) is 0 Å². The quantitative estimate of drug-likeness (QED) is 0.517. The van der Waals surface area contributed by atoms with Crippen LogP contribution in [0.1, 0.15) is 62.8 Å². The molecule has 0 atom stereocenters. The summed E-state index contributed by atoms with van der Waals surface area (Å²) in [6, 6.07) is 0. The van der Waals surface area contributed by atoms with Gasteiger partial charge in [-0.1, -0.05) is 7.43 Å². The SMILES string of the molecule is C.CC(C)O.CC(C)O.CC(C)O.CC(C)O.[Ti]. The first-order chi connectivity index (χ1) is 6.93. The van der Waals surface area contributed by atoms with Crippen LogP contribution in [0.25, 0.3) is 0 Å². The normalized spacial score (nSPS) is 8.00. The summed E-state index contributed by atoms with van der Waals surface area (Å²) in [6.45, 7) is 13.8. The Labute approximate surface area is 129 Å². The summed E-state index contributed by atoms with van der Waals surface area (Å²) in [4.78, 5) is 0. The summed E-state index contributed by atoms with van der Waals surface area (Å²) < 4.78 is 0. The topological polar surface area (TPSA) is 80.9 Å². The zero-order valence-corrected chi connectivity index (χ0v) is 14.2. The van der Waals surface area contributed by atoms with Crippen molar-refractivity contribution in [1.82, 2.24) is 0 Å². The molecule has 0 bridgehead atoms. The van der Waals surface area contributed by atoms with E-state index in [-0.39, 0.29) is 53.6 Å². The molecule has 0 unspecified atom stereocenters. The fraction of sp³-hybridized carbons (Fsp3) is 1.00. The maximum absolute atomic E-state index is 8.06. The molecule has 0 radical (unpaired) electrons. The molecule has 4 N–H and O–H groups in total. The van der Waals surface area contributed by atoms with Crippen molar-refractivity contribution in [2.24, 2.45) is 0 Å². The van der Waals surface area contributed by atoms with Crippen LogP contribution in [0.2, 0.25) is 0 Å². The molecule has 5 heteroatoms. The van der Waals surface area contributed by atoms with E-state index in [0.29, 0.717) is 0 Å². The van der Waals surface area contributed by atoms with Crippen LogP contribution < -0.4 is 0 Å². The summed E-state index contributed by atoms with van der Waals surface area (Å²) in [5.74, 6) is 0. The van der Waals surface area contributed by atoms with E-state index >= 15 is 0 Å². The molecule has 0 fully saturated rings. The van der Waals surface area contributed by atoms with Crippen molar-refractivity contribution in [2.75, 3.05) is 0 Å². The van der Waals surface area contributed by atoms with Gasteiger partial charge in [0.25, 0.3) is 0 Å². The second-order valence-electron chi connectivity index (χ2n) is 4.37. The van der Waals surface area contributed by atoms with Gasteiger partial charge in [0.05, 0.1) is 0 Å². The van der Waals surface area contributed by atoms with E-state index in [1.165, 1.54) is 0 Å². The molecule has 0 amide bonds. The Bertz CT molecular complexity index is 62.0. The zero-order valence-electron chi connectivity index (χ0n) is 12.6. The molecule has 4 nitrogen and oxygen atoms in total. The number of hydrogen-bond donors (Lipinski definition) is 4. The number of hydrogen-bond acceptors (Lipinski definition) is 4. The van der Waals surface area contributed by atoms with Gasteiger partial charge in [-0.25, -0.2) is 0 Å².